The van der Waals surface area contributed by atoms with Gasteiger partial charge in [-0.25, -0.2) is 4.68 Å². The number of β-amino-alcohol motifs (C(OH)–C–C–N with tert-alkyl or cyclic N) is 1. The Morgan fingerprint density at radius 1 is 1.24 bits per heavy atom. The van der Waals surface area contributed by atoms with Crippen LogP contribution in [0, 0.1) is 12.3 Å². The second kappa shape index (κ2) is 7.78. The van der Waals surface area contributed by atoms with Gasteiger partial charge in [-0.3, -0.25) is 4.79 Å². The van der Waals surface area contributed by atoms with E-state index in [-0.39, 0.29) is 11.3 Å². The third-order valence-electron chi connectivity index (χ3n) is 5.70. The summed E-state index contributed by atoms with van der Waals surface area (Å²) in [5.41, 5.74) is 0.256. The summed E-state index contributed by atoms with van der Waals surface area (Å²) < 4.78 is 1.85. The van der Waals surface area contributed by atoms with E-state index in [1.807, 2.05) is 16.5 Å². The standard InChI is InChI=1S/C17H30N6O2/c1-14(24)12-22-13-17(5-4-16(22)25)6-10-21(11-7-17)8-3-9-23-15(2)18-19-20-23/h14,24H,3-13H2,1-2H3. The fourth-order valence-electron chi connectivity index (χ4n) is 4.15. The fourth-order valence-corrected chi connectivity index (χ4v) is 4.15. The van der Waals surface area contributed by atoms with Gasteiger partial charge in [0.25, 0.3) is 0 Å². The Hall–Kier alpha value is -1.54. The largest absolute Gasteiger partial charge is 0.392 e. The Morgan fingerprint density at radius 3 is 2.64 bits per heavy atom. The van der Waals surface area contributed by atoms with Gasteiger partial charge >= 0.3 is 0 Å². The van der Waals surface area contributed by atoms with Gasteiger partial charge < -0.3 is 14.9 Å². The number of tetrazole rings is 1. The van der Waals surface area contributed by atoms with Gasteiger partial charge in [0.15, 0.2) is 0 Å². The van der Waals surface area contributed by atoms with Gasteiger partial charge in [0.05, 0.1) is 6.10 Å². The molecule has 140 valence electrons. The van der Waals surface area contributed by atoms with Crippen molar-refractivity contribution in [3.05, 3.63) is 5.82 Å². The van der Waals surface area contributed by atoms with Crippen molar-refractivity contribution in [1.29, 1.82) is 0 Å². The van der Waals surface area contributed by atoms with Crippen molar-refractivity contribution in [1.82, 2.24) is 30.0 Å². The van der Waals surface area contributed by atoms with E-state index in [4.69, 9.17) is 0 Å². The molecular weight excluding hydrogens is 320 g/mol. The minimum absolute atomic E-state index is 0.200. The number of amides is 1. The Labute approximate surface area is 149 Å². The summed E-state index contributed by atoms with van der Waals surface area (Å²) in [5, 5.41) is 21.2. The third-order valence-corrected chi connectivity index (χ3v) is 5.70. The molecule has 3 heterocycles. The average Bonchev–Trinajstić information content (AvgIpc) is 2.98. The van der Waals surface area contributed by atoms with Crippen molar-refractivity contribution in [2.24, 2.45) is 5.41 Å². The van der Waals surface area contributed by atoms with Crippen LogP contribution in [0.5, 0.6) is 0 Å². The predicted molar refractivity (Wildman–Crippen MR) is 92.8 cm³/mol. The number of carbonyl (C=O) groups excluding carboxylic acids is 1. The van der Waals surface area contributed by atoms with E-state index in [0.29, 0.717) is 13.0 Å². The Balaban J connectivity index is 1.44. The molecule has 0 aromatic carbocycles. The van der Waals surface area contributed by atoms with E-state index in [1.165, 1.54) is 0 Å². The summed E-state index contributed by atoms with van der Waals surface area (Å²) in [6, 6.07) is 0. The van der Waals surface area contributed by atoms with Crippen LogP contribution in [0.15, 0.2) is 0 Å². The highest BCUT2D eigenvalue weighted by atomic mass is 16.3. The number of aliphatic hydroxyl groups excluding tert-OH is 1. The average molecular weight is 350 g/mol. The smallest absolute Gasteiger partial charge is 0.222 e. The van der Waals surface area contributed by atoms with E-state index >= 15 is 0 Å². The van der Waals surface area contributed by atoms with Crippen LogP contribution in [0.3, 0.4) is 0 Å². The summed E-state index contributed by atoms with van der Waals surface area (Å²) in [6.45, 7) is 9.06. The van der Waals surface area contributed by atoms with E-state index < -0.39 is 6.10 Å². The van der Waals surface area contributed by atoms with Crippen LogP contribution in [0.4, 0.5) is 0 Å². The molecule has 1 amide bonds. The molecule has 8 heteroatoms. The van der Waals surface area contributed by atoms with Crippen molar-refractivity contribution < 1.29 is 9.90 Å². The molecule has 0 aliphatic carbocycles. The third kappa shape index (κ3) is 4.55. The molecule has 1 spiro atoms. The molecule has 2 fully saturated rings. The van der Waals surface area contributed by atoms with Gasteiger partial charge in [0.1, 0.15) is 5.82 Å². The number of aryl methyl sites for hydroxylation is 2. The zero-order chi connectivity index (χ0) is 17.9. The van der Waals surface area contributed by atoms with Crippen LogP contribution in [-0.2, 0) is 11.3 Å². The Bertz CT molecular complexity index is 579. The summed E-state index contributed by atoms with van der Waals surface area (Å²) in [7, 11) is 0. The zero-order valence-electron chi connectivity index (χ0n) is 15.4. The van der Waals surface area contributed by atoms with E-state index in [2.05, 4.69) is 20.4 Å². The first-order chi connectivity index (χ1) is 12.0. The first-order valence-electron chi connectivity index (χ1n) is 9.38. The molecule has 25 heavy (non-hydrogen) atoms. The first-order valence-corrected chi connectivity index (χ1v) is 9.38. The van der Waals surface area contributed by atoms with E-state index in [1.54, 1.807) is 6.92 Å². The van der Waals surface area contributed by atoms with E-state index in [0.717, 1.165) is 64.2 Å². The summed E-state index contributed by atoms with van der Waals surface area (Å²) in [4.78, 5) is 16.5. The Kier molecular flexibility index (Phi) is 5.68. The topological polar surface area (TPSA) is 87.4 Å². The molecule has 0 radical (unpaired) electrons. The number of hydrogen-bond acceptors (Lipinski definition) is 6. The number of aromatic nitrogens is 4. The zero-order valence-corrected chi connectivity index (χ0v) is 15.4. The van der Waals surface area contributed by atoms with Gasteiger partial charge in [0, 0.05) is 26.1 Å². The highest BCUT2D eigenvalue weighted by Gasteiger charge is 2.40. The lowest BCUT2D eigenvalue weighted by Gasteiger charge is -2.47. The highest BCUT2D eigenvalue weighted by molar-refractivity contribution is 5.77. The van der Waals surface area contributed by atoms with Gasteiger partial charge in [-0.1, -0.05) is 0 Å². The number of nitrogens with zero attached hydrogens (tertiary/aromatic N) is 6. The van der Waals surface area contributed by atoms with Crippen molar-refractivity contribution in [2.75, 3.05) is 32.7 Å². The molecule has 2 saturated heterocycles. The molecular formula is C17H30N6O2. The quantitative estimate of drug-likeness (QED) is 0.802. The number of carbonyl (C=O) groups is 1. The first kappa shape index (κ1) is 18.3. The number of rotatable bonds is 6. The molecule has 1 unspecified atom stereocenters. The van der Waals surface area contributed by atoms with Crippen LogP contribution in [0.25, 0.3) is 0 Å². The molecule has 8 nitrogen and oxygen atoms in total. The molecule has 0 saturated carbocycles. The lowest BCUT2D eigenvalue weighted by molar-refractivity contribution is -0.140. The van der Waals surface area contributed by atoms with Crippen LogP contribution < -0.4 is 0 Å². The van der Waals surface area contributed by atoms with Crippen LogP contribution in [-0.4, -0.2) is 79.8 Å². The predicted octanol–water partition coefficient (Wildman–Crippen LogP) is 0.457. The summed E-state index contributed by atoms with van der Waals surface area (Å²) >= 11 is 0. The van der Waals surface area contributed by atoms with Crippen LogP contribution in [0.1, 0.15) is 44.9 Å². The molecule has 2 aliphatic heterocycles. The molecule has 1 aromatic rings. The molecule has 0 bridgehead atoms. The number of piperidine rings is 2. The minimum Gasteiger partial charge on any atom is -0.392 e. The molecule has 1 aromatic heterocycles. The second-order valence-corrected chi connectivity index (χ2v) is 7.77. The molecule has 3 rings (SSSR count). The second-order valence-electron chi connectivity index (χ2n) is 7.77. The summed E-state index contributed by atoms with van der Waals surface area (Å²) in [6.07, 6.45) is 4.51. The summed E-state index contributed by atoms with van der Waals surface area (Å²) in [5.74, 6) is 1.06. The fraction of sp³-hybridized carbons (Fsp3) is 0.882. The van der Waals surface area contributed by atoms with E-state index in [9.17, 15) is 9.90 Å². The van der Waals surface area contributed by atoms with Crippen molar-refractivity contribution >= 4 is 5.91 Å². The lowest BCUT2D eigenvalue weighted by Crippen LogP contribution is -2.52. The van der Waals surface area contributed by atoms with Gasteiger partial charge in [0.2, 0.25) is 5.91 Å². The monoisotopic (exact) mass is 350 g/mol. The van der Waals surface area contributed by atoms with Crippen molar-refractivity contribution in [3.63, 3.8) is 0 Å². The highest BCUT2D eigenvalue weighted by Crippen LogP contribution is 2.40. The minimum atomic E-state index is -0.450. The van der Waals surface area contributed by atoms with Gasteiger partial charge in [-0.05, 0) is 75.0 Å². The molecule has 1 N–H and O–H groups in total. The lowest BCUT2D eigenvalue weighted by atomic mass is 9.72. The maximum Gasteiger partial charge on any atom is 0.222 e. The SMILES string of the molecule is Cc1nnnn1CCCN1CCC2(CCC(=O)N(CC(C)O)C2)CC1. The maximum absolute atomic E-state index is 12.1. The van der Waals surface area contributed by atoms with Crippen LogP contribution >= 0.6 is 0 Å². The van der Waals surface area contributed by atoms with Gasteiger partial charge in [-0.15, -0.1) is 5.10 Å². The number of likely N-dealkylation sites (tertiary alicyclic amines) is 2. The number of aliphatic hydroxyl groups is 1. The van der Waals surface area contributed by atoms with Crippen LogP contribution in [0.2, 0.25) is 0 Å². The Morgan fingerprint density at radius 2 is 2.00 bits per heavy atom. The van der Waals surface area contributed by atoms with Crippen molar-refractivity contribution in [3.8, 4) is 0 Å². The normalized spacial score (nSPS) is 22.5. The molecule has 2 aliphatic rings. The van der Waals surface area contributed by atoms with Gasteiger partial charge in [-0.2, -0.15) is 0 Å². The number of hydrogen-bond donors (Lipinski definition) is 1. The maximum atomic E-state index is 12.1. The molecule has 1 atom stereocenters. The van der Waals surface area contributed by atoms with Crippen molar-refractivity contribution in [2.45, 2.75) is 58.6 Å².